The molecule has 5 nitrogen and oxygen atoms in total. The maximum atomic E-state index is 12.4. The maximum Gasteiger partial charge on any atom is 0.337 e. The van der Waals surface area contributed by atoms with Crippen molar-refractivity contribution >= 4 is 16.0 Å². The summed E-state index contributed by atoms with van der Waals surface area (Å²) < 4.78 is 26.2. The second-order valence-corrected chi connectivity index (χ2v) is 6.10. The van der Waals surface area contributed by atoms with Gasteiger partial charge in [-0.05, 0) is 25.0 Å². The van der Waals surface area contributed by atoms with Crippen molar-refractivity contribution in [3.8, 4) is 0 Å². The third-order valence-electron chi connectivity index (χ3n) is 2.97. The first-order chi connectivity index (χ1) is 8.48. The van der Waals surface area contributed by atoms with Crippen molar-refractivity contribution in [1.29, 1.82) is 0 Å². The number of carbonyl (C=O) groups is 1. The van der Waals surface area contributed by atoms with E-state index in [0.29, 0.717) is 6.54 Å². The van der Waals surface area contributed by atoms with E-state index in [0.717, 1.165) is 12.8 Å². The van der Waals surface area contributed by atoms with Crippen LogP contribution in [0.3, 0.4) is 0 Å². The fourth-order valence-electron chi connectivity index (χ4n) is 1.98. The predicted octanol–water partition coefficient (Wildman–Crippen LogP) is 1.56. The molecule has 0 unspecified atom stereocenters. The summed E-state index contributed by atoms with van der Waals surface area (Å²) in [6, 6.07) is 5.76. The number of sulfonamides is 1. The van der Waals surface area contributed by atoms with Crippen LogP contribution in [0.15, 0.2) is 29.2 Å². The third kappa shape index (κ3) is 2.26. The molecular formula is C12H15NO4S. The summed E-state index contributed by atoms with van der Waals surface area (Å²) >= 11 is 0. The van der Waals surface area contributed by atoms with Crippen molar-refractivity contribution < 1.29 is 18.3 Å². The molecule has 18 heavy (non-hydrogen) atoms. The second-order valence-electron chi connectivity index (χ2n) is 4.24. The zero-order valence-corrected chi connectivity index (χ0v) is 10.9. The Hall–Kier alpha value is -1.40. The van der Waals surface area contributed by atoms with Gasteiger partial charge in [0.1, 0.15) is 0 Å². The molecule has 0 spiro atoms. The Kier molecular flexibility index (Phi) is 3.41. The van der Waals surface area contributed by atoms with Gasteiger partial charge >= 0.3 is 5.97 Å². The highest BCUT2D eigenvalue weighted by atomic mass is 32.2. The third-order valence-corrected chi connectivity index (χ3v) is 5.06. The molecule has 1 aliphatic carbocycles. The van der Waals surface area contributed by atoms with Crippen molar-refractivity contribution in [2.24, 2.45) is 0 Å². The number of aromatic carboxylic acids is 1. The van der Waals surface area contributed by atoms with Crippen LogP contribution >= 0.6 is 0 Å². The molecule has 1 aliphatic rings. The lowest BCUT2D eigenvalue weighted by Gasteiger charge is -2.20. The lowest BCUT2D eigenvalue weighted by Crippen LogP contribution is -2.33. The summed E-state index contributed by atoms with van der Waals surface area (Å²) in [6.07, 6.45) is 1.70. The molecular weight excluding hydrogens is 254 g/mol. The largest absolute Gasteiger partial charge is 0.478 e. The molecule has 1 fully saturated rings. The highest BCUT2D eigenvalue weighted by Gasteiger charge is 2.38. The summed E-state index contributed by atoms with van der Waals surface area (Å²) in [4.78, 5) is 11.0. The fraction of sp³-hybridized carbons (Fsp3) is 0.417. The number of nitrogens with zero attached hydrogens (tertiary/aromatic N) is 1. The van der Waals surface area contributed by atoms with Crippen molar-refractivity contribution in [3.05, 3.63) is 29.8 Å². The van der Waals surface area contributed by atoms with Crippen molar-refractivity contribution in [3.63, 3.8) is 0 Å². The van der Waals surface area contributed by atoms with Gasteiger partial charge in [-0.2, -0.15) is 4.31 Å². The van der Waals surface area contributed by atoms with E-state index in [1.54, 1.807) is 13.0 Å². The molecule has 0 radical (unpaired) electrons. The number of carboxylic acid groups (broad SMARTS) is 1. The smallest absolute Gasteiger partial charge is 0.337 e. The molecule has 0 aromatic heterocycles. The minimum Gasteiger partial charge on any atom is -0.478 e. The highest BCUT2D eigenvalue weighted by molar-refractivity contribution is 7.89. The van der Waals surface area contributed by atoms with Crippen molar-refractivity contribution in [1.82, 2.24) is 4.31 Å². The van der Waals surface area contributed by atoms with E-state index in [4.69, 9.17) is 5.11 Å². The van der Waals surface area contributed by atoms with Gasteiger partial charge in [-0.15, -0.1) is 0 Å². The molecule has 0 heterocycles. The zero-order valence-electron chi connectivity index (χ0n) is 10.0. The number of hydrogen-bond acceptors (Lipinski definition) is 3. The van der Waals surface area contributed by atoms with E-state index in [1.165, 1.54) is 22.5 Å². The Morgan fingerprint density at radius 2 is 2.00 bits per heavy atom. The van der Waals surface area contributed by atoms with E-state index < -0.39 is 16.0 Å². The van der Waals surface area contributed by atoms with Gasteiger partial charge in [0.15, 0.2) is 0 Å². The van der Waals surface area contributed by atoms with Gasteiger partial charge in [-0.1, -0.05) is 19.1 Å². The standard InChI is InChI=1S/C12H15NO4S/c1-2-13(9-7-8-9)18(16,17)11-6-4-3-5-10(11)12(14)15/h3-6,9H,2,7-8H2,1H3,(H,14,15). The summed E-state index contributed by atoms with van der Waals surface area (Å²) in [5.41, 5.74) is -0.170. The van der Waals surface area contributed by atoms with Crippen LogP contribution in [-0.2, 0) is 10.0 Å². The lowest BCUT2D eigenvalue weighted by atomic mass is 10.2. The molecule has 1 N–H and O–H groups in total. The Morgan fingerprint density at radius 3 is 2.50 bits per heavy atom. The van der Waals surface area contributed by atoms with Crippen LogP contribution in [0.4, 0.5) is 0 Å². The molecule has 1 saturated carbocycles. The average molecular weight is 269 g/mol. The molecule has 0 aliphatic heterocycles. The quantitative estimate of drug-likeness (QED) is 0.880. The van der Waals surface area contributed by atoms with Crippen LogP contribution in [-0.4, -0.2) is 36.4 Å². The first-order valence-corrected chi connectivity index (χ1v) is 7.26. The zero-order chi connectivity index (χ0) is 13.3. The van der Waals surface area contributed by atoms with E-state index in [2.05, 4.69) is 0 Å². The molecule has 2 rings (SSSR count). The summed E-state index contributed by atoms with van der Waals surface area (Å²) in [6.45, 7) is 2.13. The van der Waals surface area contributed by atoms with Crippen LogP contribution in [0.1, 0.15) is 30.1 Å². The Balaban J connectivity index is 2.49. The number of benzene rings is 1. The molecule has 0 saturated heterocycles. The predicted molar refractivity (Wildman–Crippen MR) is 66.0 cm³/mol. The minimum atomic E-state index is -3.71. The normalized spacial score (nSPS) is 15.9. The van der Waals surface area contributed by atoms with Gasteiger partial charge < -0.3 is 5.11 Å². The van der Waals surface area contributed by atoms with Gasteiger partial charge in [0.05, 0.1) is 10.5 Å². The van der Waals surface area contributed by atoms with Crippen LogP contribution in [0.25, 0.3) is 0 Å². The summed E-state index contributed by atoms with van der Waals surface area (Å²) in [5, 5.41) is 9.05. The monoisotopic (exact) mass is 269 g/mol. The summed E-state index contributed by atoms with van der Waals surface area (Å²) in [5.74, 6) is -1.22. The van der Waals surface area contributed by atoms with E-state index >= 15 is 0 Å². The fourth-order valence-corrected chi connectivity index (χ4v) is 3.86. The molecule has 1 aromatic carbocycles. The lowest BCUT2D eigenvalue weighted by molar-refractivity contribution is 0.0692. The number of hydrogen-bond donors (Lipinski definition) is 1. The number of carboxylic acids is 1. The van der Waals surface area contributed by atoms with Gasteiger partial charge in [0.25, 0.3) is 0 Å². The van der Waals surface area contributed by atoms with E-state index in [9.17, 15) is 13.2 Å². The van der Waals surface area contributed by atoms with E-state index in [1.807, 2.05) is 0 Å². The Labute approximate surface area is 106 Å². The first kappa shape index (κ1) is 13.0. The molecule has 6 heteroatoms. The minimum absolute atomic E-state index is 0.0295. The summed E-state index contributed by atoms with van der Waals surface area (Å²) in [7, 11) is -3.71. The highest BCUT2D eigenvalue weighted by Crippen LogP contribution is 2.32. The van der Waals surface area contributed by atoms with Gasteiger partial charge in [0.2, 0.25) is 10.0 Å². The maximum absolute atomic E-state index is 12.4. The molecule has 0 atom stereocenters. The van der Waals surface area contributed by atoms with Crippen molar-refractivity contribution in [2.45, 2.75) is 30.7 Å². The molecule has 1 aromatic rings. The second kappa shape index (κ2) is 4.70. The first-order valence-electron chi connectivity index (χ1n) is 5.82. The van der Waals surface area contributed by atoms with Crippen LogP contribution in [0.2, 0.25) is 0 Å². The molecule has 0 bridgehead atoms. The van der Waals surface area contributed by atoms with Gasteiger partial charge in [0, 0.05) is 12.6 Å². The topological polar surface area (TPSA) is 74.7 Å². The van der Waals surface area contributed by atoms with Crippen molar-refractivity contribution in [2.75, 3.05) is 6.54 Å². The van der Waals surface area contributed by atoms with Gasteiger partial charge in [-0.3, -0.25) is 0 Å². The Bertz CT molecular complexity index is 563. The average Bonchev–Trinajstić information content (AvgIpc) is 3.14. The molecule has 0 amide bonds. The van der Waals surface area contributed by atoms with Crippen LogP contribution in [0.5, 0.6) is 0 Å². The molecule has 98 valence electrons. The van der Waals surface area contributed by atoms with Crippen LogP contribution < -0.4 is 0 Å². The Morgan fingerprint density at radius 1 is 1.39 bits per heavy atom. The number of rotatable bonds is 5. The van der Waals surface area contributed by atoms with E-state index in [-0.39, 0.29) is 16.5 Å². The van der Waals surface area contributed by atoms with Crippen LogP contribution in [0, 0.1) is 0 Å². The van der Waals surface area contributed by atoms with Gasteiger partial charge in [-0.25, -0.2) is 13.2 Å². The SMILES string of the molecule is CCN(C1CC1)S(=O)(=O)c1ccccc1C(=O)O.